The van der Waals surface area contributed by atoms with Crippen molar-refractivity contribution in [1.29, 1.82) is 0 Å². The zero-order valence-electron chi connectivity index (χ0n) is 24.4. The van der Waals surface area contributed by atoms with Crippen LogP contribution in [-0.4, -0.2) is 82.6 Å². The minimum Gasteiger partial charge on any atom is -0.444 e. The number of alkyl carbamates (subject to hydrolysis) is 1. The van der Waals surface area contributed by atoms with Crippen molar-refractivity contribution in [3.8, 4) is 0 Å². The Morgan fingerprint density at radius 3 is 2.08 bits per heavy atom. The smallest absolute Gasteiger partial charge is 0.408 e. The highest BCUT2D eigenvalue weighted by Gasteiger charge is 2.37. The number of urea groups is 1. The molecule has 39 heavy (non-hydrogen) atoms. The first-order chi connectivity index (χ1) is 18.5. The molecule has 4 amide bonds. The fourth-order valence-corrected chi connectivity index (χ4v) is 5.84. The lowest BCUT2D eigenvalue weighted by Gasteiger charge is -2.45. The van der Waals surface area contributed by atoms with E-state index in [-0.39, 0.29) is 24.0 Å². The van der Waals surface area contributed by atoms with Gasteiger partial charge >= 0.3 is 12.1 Å². The Bertz CT molecular complexity index is 947. The van der Waals surface area contributed by atoms with Crippen molar-refractivity contribution in [2.24, 2.45) is 0 Å². The average molecular weight is 563 g/mol. The molecule has 0 bridgehead atoms. The minimum atomic E-state index is -0.760. The molecule has 3 rings (SSSR count). The van der Waals surface area contributed by atoms with Crippen LogP contribution in [0.2, 0.25) is 5.02 Å². The summed E-state index contributed by atoms with van der Waals surface area (Å²) in [7, 11) is 0. The fraction of sp³-hybridized carbons (Fsp3) is 0.700. The van der Waals surface area contributed by atoms with Crippen LogP contribution >= 0.6 is 11.6 Å². The Kier molecular flexibility index (Phi) is 11.3. The van der Waals surface area contributed by atoms with Crippen LogP contribution in [0.3, 0.4) is 0 Å². The van der Waals surface area contributed by atoms with Gasteiger partial charge in [-0.05, 0) is 78.0 Å². The summed E-state index contributed by atoms with van der Waals surface area (Å²) in [6, 6.07) is 7.05. The summed E-state index contributed by atoms with van der Waals surface area (Å²) in [5.74, 6) is -0.131. The molecule has 1 aromatic carbocycles. The molecule has 218 valence electrons. The second kappa shape index (κ2) is 14.2. The summed E-state index contributed by atoms with van der Waals surface area (Å²) in [5.41, 5.74) is 0.230. The van der Waals surface area contributed by atoms with Gasteiger partial charge in [-0.2, -0.15) is 0 Å². The van der Waals surface area contributed by atoms with Gasteiger partial charge in [0, 0.05) is 49.7 Å². The van der Waals surface area contributed by atoms with Gasteiger partial charge in [0.05, 0.1) is 0 Å². The summed E-state index contributed by atoms with van der Waals surface area (Å²) >= 11 is 6.05. The first kappa shape index (κ1) is 31.1. The van der Waals surface area contributed by atoms with E-state index in [1.807, 2.05) is 35.8 Å². The summed E-state index contributed by atoms with van der Waals surface area (Å²) < 4.78 is 5.46. The maximum atomic E-state index is 13.7. The molecule has 1 saturated heterocycles. The number of carbonyl (C=O) groups excluding carboxylic acids is 3. The van der Waals surface area contributed by atoms with Crippen LogP contribution in [0.15, 0.2) is 24.3 Å². The Morgan fingerprint density at radius 1 is 0.974 bits per heavy atom. The number of ether oxygens (including phenoxy) is 1. The zero-order valence-corrected chi connectivity index (χ0v) is 25.1. The number of hydrogen-bond acceptors (Lipinski definition) is 4. The average Bonchev–Trinajstić information content (AvgIpc) is 2.90. The number of carbonyl (C=O) groups is 3. The zero-order chi connectivity index (χ0) is 28.6. The molecule has 1 aromatic rings. The lowest BCUT2D eigenvalue weighted by Crippen LogP contribution is -2.58. The maximum absolute atomic E-state index is 13.7. The van der Waals surface area contributed by atoms with Crippen molar-refractivity contribution in [3.63, 3.8) is 0 Å². The second-order valence-electron chi connectivity index (χ2n) is 11.7. The second-order valence-corrected chi connectivity index (χ2v) is 12.2. The van der Waals surface area contributed by atoms with E-state index in [9.17, 15) is 14.4 Å². The van der Waals surface area contributed by atoms with Crippen LogP contribution in [0.4, 0.5) is 9.59 Å². The third-order valence-electron chi connectivity index (χ3n) is 7.73. The number of nitrogens with zero attached hydrogens (tertiary/aromatic N) is 3. The van der Waals surface area contributed by atoms with Crippen molar-refractivity contribution < 1.29 is 19.1 Å². The van der Waals surface area contributed by atoms with E-state index in [2.05, 4.69) is 10.2 Å². The normalized spacial score (nSPS) is 17.8. The van der Waals surface area contributed by atoms with E-state index >= 15 is 0 Å². The van der Waals surface area contributed by atoms with E-state index in [4.69, 9.17) is 16.3 Å². The van der Waals surface area contributed by atoms with E-state index in [0.717, 1.165) is 44.1 Å². The van der Waals surface area contributed by atoms with Crippen LogP contribution in [0.5, 0.6) is 0 Å². The van der Waals surface area contributed by atoms with E-state index in [1.165, 1.54) is 6.42 Å². The predicted octanol–water partition coefficient (Wildman–Crippen LogP) is 5.86. The summed E-state index contributed by atoms with van der Waals surface area (Å²) in [5, 5.41) is 3.43. The van der Waals surface area contributed by atoms with Gasteiger partial charge in [0.25, 0.3) is 0 Å². The van der Waals surface area contributed by atoms with Crippen molar-refractivity contribution in [2.45, 2.75) is 110 Å². The SMILES string of the molecule is CCN(CC)C(=O)N(C1CCCCC1)C1CCN(C(=O)[C@@H](Cc2ccc(Cl)cc2)NC(=O)OC(C)(C)C)CC1. The molecule has 0 unspecified atom stereocenters. The number of nitrogens with one attached hydrogen (secondary N) is 1. The molecule has 2 fully saturated rings. The molecule has 1 heterocycles. The van der Waals surface area contributed by atoms with Gasteiger partial charge in [0.2, 0.25) is 5.91 Å². The maximum Gasteiger partial charge on any atom is 0.408 e. The topological polar surface area (TPSA) is 82.2 Å². The molecular weight excluding hydrogens is 516 g/mol. The molecule has 0 aromatic heterocycles. The van der Waals surface area contributed by atoms with Gasteiger partial charge < -0.3 is 24.8 Å². The molecule has 0 spiro atoms. The van der Waals surface area contributed by atoms with Crippen LogP contribution < -0.4 is 5.32 Å². The van der Waals surface area contributed by atoms with Gasteiger partial charge in [0.15, 0.2) is 0 Å². The van der Waals surface area contributed by atoms with Gasteiger partial charge in [0.1, 0.15) is 11.6 Å². The Labute approximate surface area is 239 Å². The largest absolute Gasteiger partial charge is 0.444 e. The van der Waals surface area contributed by atoms with Crippen molar-refractivity contribution in [2.75, 3.05) is 26.2 Å². The molecule has 2 aliphatic rings. The van der Waals surface area contributed by atoms with Crippen molar-refractivity contribution in [1.82, 2.24) is 20.0 Å². The number of piperidine rings is 1. The fourth-order valence-electron chi connectivity index (χ4n) is 5.72. The summed E-state index contributed by atoms with van der Waals surface area (Å²) in [4.78, 5) is 45.8. The predicted molar refractivity (Wildman–Crippen MR) is 155 cm³/mol. The molecule has 8 nitrogen and oxygen atoms in total. The van der Waals surface area contributed by atoms with Crippen LogP contribution in [0, 0.1) is 0 Å². The lowest BCUT2D eigenvalue weighted by atomic mass is 9.91. The number of likely N-dealkylation sites (tertiary alicyclic amines) is 1. The van der Waals surface area contributed by atoms with Crippen molar-refractivity contribution >= 4 is 29.6 Å². The van der Waals surface area contributed by atoms with Gasteiger partial charge in [-0.25, -0.2) is 9.59 Å². The van der Waals surface area contributed by atoms with Crippen LogP contribution in [0.1, 0.15) is 85.1 Å². The quantitative estimate of drug-likeness (QED) is 0.430. The molecule has 0 radical (unpaired) electrons. The van der Waals surface area contributed by atoms with Gasteiger partial charge in [-0.1, -0.05) is 43.0 Å². The summed E-state index contributed by atoms with van der Waals surface area (Å²) in [6.07, 6.45) is 6.84. The first-order valence-corrected chi connectivity index (χ1v) is 15.0. The van der Waals surface area contributed by atoms with E-state index in [0.29, 0.717) is 37.6 Å². The molecule has 9 heteroatoms. The van der Waals surface area contributed by atoms with Crippen LogP contribution in [0.25, 0.3) is 0 Å². The van der Waals surface area contributed by atoms with E-state index in [1.54, 1.807) is 32.9 Å². The highest BCUT2D eigenvalue weighted by molar-refractivity contribution is 6.30. The molecular formula is C30H47ClN4O4. The Morgan fingerprint density at radius 2 is 1.54 bits per heavy atom. The monoisotopic (exact) mass is 562 g/mol. The first-order valence-electron chi connectivity index (χ1n) is 14.6. The summed E-state index contributed by atoms with van der Waals surface area (Å²) in [6.45, 7) is 11.9. The number of halogens is 1. The molecule has 1 atom stereocenters. The van der Waals surface area contributed by atoms with Crippen LogP contribution in [-0.2, 0) is 16.0 Å². The minimum absolute atomic E-state index is 0.110. The highest BCUT2D eigenvalue weighted by atomic mass is 35.5. The molecule has 1 saturated carbocycles. The number of rotatable bonds is 8. The third-order valence-corrected chi connectivity index (χ3v) is 7.99. The Balaban J connectivity index is 1.72. The third kappa shape index (κ3) is 9.02. The van der Waals surface area contributed by atoms with Crippen molar-refractivity contribution in [3.05, 3.63) is 34.9 Å². The number of hydrogen-bond donors (Lipinski definition) is 1. The molecule has 1 aliphatic carbocycles. The van der Waals surface area contributed by atoms with Gasteiger partial charge in [-0.15, -0.1) is 0 Å². The highest BCUT2D eigenvalue weighted by Crippen LogP contribution is 2.29. The standard InChI is InChI=1S/C30H47ClN4O4/c1-6-33(7-2)29(38)35(24-11-9-8-10-12-24)25-17-19-34(20-18-25)27(36)26(32-28(37)39-30(3,4)5)21-22-13-15-23(31)16-14-22/h13-16,24-26H,6-12,17-21H2,1-5H3,(H,32,37)/t26-/m1/s1. The Hall–Kier alpha value is -2.48. The molecule has 1 aliphatic heterocycles. The molecule has 1 N–H and O–H groups in total. The number of benzene rings is 1. The lowest BCUT2D eigenvalue weighted by molar-refractivity contribution is -0.135. The van der Waals surface area contributed by atoms with E-state index < -0.39 is 17.7 Å². The number of amides is 4. The van der Waals surface area contributed by atoms with Gasteiger partial charge in [-0.3, -0.25) is 4.79 Å².